The number of aromatic amines is 2. The molecule has 1 amide bonds. The third-order valence-corrected chi connectivity index (χ3v) is 3.40. The molecule has 1 fully saturated rings. The summed E-state index contributed by atoms with van der Waals surface area (Å²) in [6, 6.07) is 3.57. The van der Waals surface area contributed by atoms with E-state index in [4.69, 9.17) is 5.26 Å². The first-order chi connectivity index (χ1) is 9.29. The molecule has 0 aliphatic carbocycles. The molecule has 0 spiro atoms. The number of H-pyrrole nitrogens is 2. The van der Waals surface area contributed by atoms with Crippen molar-refractivity contribution in [3.63, 3.8) is 0 Å². The molecule has 6 nitrogen and oxygen atoms in total. The van der Waals surface area contributed by atoms with Gasteiger partial charge in [-0.15, -0.1) is 0 Å². The third-order valence-electron chi connectivity index (χ3n) is 3.40. The lowest BCUT2D eigenvalue weighted by Gasteiger charge is -2.22. The summed E-state index contributed by atoms with van der Waals surface area (Å²) in [6.07, 6.45) is 6.92. The monoisotopic (exact) mass is 255 g/mol. The fraction of sp³-hybridized carbons (Fsp3) is 0.308. The summed E-state index contributed by atoms with van der Waals surface area (Å²) >= 11 is 0. The minimum atomic E-state index is -0.0587. The molecule has 0 aromatic carbocycles. The second-order valence-corrected chi connectivity index (χ2v) is 4.54. The highest BCUT2D eigenvalue weighted by Gasteiger charge is 2.32. The molecule has 6 heteroatoms. The molecule has 1 aliphatic rings. The van der Waals surface area contributed by atoms with Crippen molar-refractivity contribution in [3.05, 3.63) is 41.7 Å². The van der Waals surface area contributed by atoms with Crippen LogP contribution in [0.4, 0.5) is 0 Å². The Kier molecular flexibility index (Phi) is 2.80. The number of aromatic nitrogens is 3. The lowest BCUT2D eigenvalue weighted by Crippen LogP contribution is -2.30. The Bertz CT molecular complexity index is 622. The van der Waals surface area contributed by atoms with Gasteiger partial charge in [-0.05, 0) is 18.9 Å². The minimum Gasteiger partial charge on any atom is -0.352 e. The van der Waals surface area contributed by atoms with Crippen LogP contribution in [0.3, 0.4) is 0 Å². The molecular formula is C13H13N5O. The summed E-state index contributed by atoms with van der Waals surface area (Å²) in [5.41, 5.74) is 0.923. The Morgan fingerprint density at radius 3 is 3.11 bits per heavy atom. The smallest absolute Gasteiger partial charge is 0.256 e. The molecular weight excluding hydrogens is 242 g/mol. The van der Waals surface area contributed by atoms with Crippen molar-refractivity contribution in [1.82, 2.24) is 19.9 Å². The van der Waals surface area contributed by atoms with Gasteiger partial charge in [-0.3, -0.25) is 4.79 Å². The normalized spacial score (nSPS) is 18.5. The fourth-order valence-electron chi connectivity index (χ4n) is 2.50. The zero-order chi connectivity index (χ0) is 13.2. The summed E-state index contributed by atoms with van der Waals surface area (Å²) in [5.74, 6) is 0.763. The second kappa shape index (κ2) is 4.61. The quantitative estimate of drug-likeness (QED) is 0.854. The standard InChI is InChI=1S/C13H13N5O/c14-7-10-6-9(8-17-10)13(19)18-5-1-2-11(18)12-15-3-4-16-12/h3-4,6,8,11,17H,1-2,5H2,(H,15,16). The van der Waals surface area contributed by atoms with Gasteiger partial charge in [-0.2, -0.15) is 5.26 Å². The van der Waals surface area contributed by atoms with Crippen LogP contribution in [0.25, 0.3) is 0 Å². The first-order valence-corrected chi connectivity index (χ1v) is 6.18. The van der Waals surface area contributed by atoms with Gasteiger partial charge in [0.2, 0.25) is 0 Å². The molecule has 1 aliphatic heterocycles. The number of rotatable bonds is 2. The number of carbonyl (C=O) groups is 1. The summed E-state index contributed by atoms with van der Waals surface area (Å²) in [6.45, 7) is 0.720. The Balaban J connectivity index is 1.85. The zero-order valence-electron chi connectivity index (χ0n) is 10.3. The maximum Gasteiger partial charge on any atom is 0.256 e. The number of hydrogen-bond acceptors (Lipinski definition) is 3. The van der Waals surface area contributed by atoms with Gasteiger partial charge in [0.15, 0.2) is 0 Å². The first kappa shape index (κ1) is 11.5. The molecule has 3 heterocycles. The van der Waals surface area contributed by atoms with Crippen molar-refractivity contribution in [2.24, 2.45) is 0 Å². The van der Waals surface area contributed by atoms with Gasteiger partial charge in [-0.25, -0.2) is 4.98 Å². The van der Waals surface area contributed by atoms with Crippen molar-refractivity contribution in [3.8, 4) is 6.07 Å². The van der Waals surface area contributed by atoms with Crippen LogP contribution in [0.15, 0.2) is 24.7 Å². The summed E-state index contributed by atoms with van der Waals surface area (Å²) in [5, 5.41) is 8.78. The van der Waals surface area contributed by atoms with Crippen molar-refractivity contribution in [2.75, 3.05) is 6.54 Å². The molecule has 19 heavy (non-hydrogen) atoms. The molecule has 2 aromatic rings. The van der Waals surface area contributed by atoms with E-state index in [1.165, 1.54) is 0 Å². The van der Waals surface area contributed by atoms with Gasteiger partial charge in [0.05, 0.1) is 11.6 Å². The molecule has 0 saturated carbocycles. The molecule has 3 rings (SSSR count). The van der Waals surface area contributed by atoms with Crippen LogP contribution < -0.4 is 0 Å². The van der Waals surface area contributed by atoms with E-state index < -0.39 is 0 Å². The molecule has 1 atom stereocenters. The molecule has 0 radical (unpaired) electrons. The van der Waals surface area contributed by atoms with E-state index in [9.17, 15) is 4.79 Å². The van der Waals surface area contributed by atoms with E-state index in [-0.39, 0.29) is 11.9 Å². The molecule has 1 saturated heterocycles. The number of hydrogen-bond donors (Lipinski definition) is 2. The number of likely N-dealkylation sites (tertiary alicyclic amines) is 1. The minimum absolute atomic E-state index is 0.00272. The van der Waals surface area contributed by atoms with E-state index in [0.29, 0.717) is 11.3 Å². The average molecular weight is 255 g/mol. The maximum absolute atomic E-state index is 12.4. The lowest BCUT2D eigenvalue weighted by molar-refractivity contribution is 0.0730. The van der Waals surface area contributed by atoms with Gasteiger partial charge in [0.1, 0.15) is 17.6 Å². The van der Waals surface area contributed by atoms with Gasteiger partial charge in [0, 0.05) is 25.1 Å². The number of imidazole rings is 1. The molecule has 96 valence electrons. The van der Waals surface area contributed by atoms with Gasteiger partial charge in [-0.1, -0.05) is 0 Å². The fourth-order valence-corrected chi connectivity index (χ4v) is 2.50. The maximum atomic E-state index is 12.4. The zero-order valence-corrected chi connectivity index (χ0v) is 10.3. The highest BCUT2D eigenvalue weighted by molar-refractivity contribution is 5.94. The van der Waals surface area contributed by atoms with Crippen LogP contribution in [0.2, 0.25) is 0 Å². The number of nitrogens with one attached hydrogen (secondary N) is 2. The van der Waals surface area contributed by atoms with E-state index in [1.54, 1.807) is 24.7 Å². The van der Waals surface area contributed by atoms with E-state index in [1.807, 2.05) is 11.0 Å². The molecule has 2 N–H and O–H groups in total. The van der Waals surface area contributed by atoms with E-state index in [0.717, 1.165) is 25.2 Å². The summed E-state index contributed by atoms with van der Waals surface area (Å²) < 4.78 is 0. The average Bonchev–Trinajstić information content (AvgIpc) is 3.16. The van der Waals surface area contributed by atoms with Crippen LogP contribution in [-0.4, -0.2) is 32.3 Å². The molecule has 1 unspecified atom stereocenters. The predicted octanol–water partition coefficient (Wildman–Crippen LogP) is 1.59. The highest BCUT2D eigenvalue weighted by Crippen LogP contribution is 2.31. The topological polar surface area (TPSA) is 88.6 Å². The van der Waals surface area contributed by atoms with Crippen molar-refractivity contribution >= 4 is 5.91 Å². The van der Waals surface area contributed by atoms with Crippen molar-refractivity contribution in [2.45, 2.75) is 18.9 Å². The largest absolute Gasteiger partial charge is 0.352 e. The van der Waals surface area contributed by atoms with E-state index in [2.05, 4.69) is 15.0 Å². The van der Waals surface area contributed by atoms with Crippen LogP contribution in [-0.2, 0) is 0 Å². The Morgan fingerprint density at radius 1 is 1.53 bits per heavy atom. The Morgan fingerprint density at radius 2 is 2.42 bits per heavy atom. The van der Waals surface area contributed by atoms with Crippen LogP contribution >= 0.6 is 0 Å². The van der Waals surface area contributed by atoms with E-state index >= 15 is 0 Å². The number of carbonyl (C=O) groups excluding carboxylic acids is 1. The van der Waals surface area contributed by atoms with Crippen LogP contribution in [0.5, 0.6) is 0 Å². The van der Waals surface area contributed by atoms with Crippen molar-refractivity contribution < 1.29 is 4.79 Å². The number of nitriles is 1. The predicted molar refractivity (Wildman–Crippen MR) is 67.1 cm³/mol. The number of nitrogens with zero attached hydrogens (tertiary/aromatic N) is 3. The third kappa shape index (κ3) is 1.99. The summed E-state index contributed by atoms with van der Waals surface area (Å²) in [7, 11) is 0. The SMILES string of the molecule is N#Cc1cc(C(=O)N2CCCC2c2ncc[nH]2)c[nH]1. The van der Waals surface area contributed by atoms with Gasteiger partial charge >= 0.3 is 0 Å². The van der Waals surface area contributed by atoms with Crippen LogP contribution in [0.1, 0.15) is 40.8 Å². The van der Waals surface area contributed by atoms with Crippen LogP contribution in [0, 0.1) is 11.3 Å². The highest BCUT2D eigenvalue weighted by atomic mass is 16.2. The lowest BCUT2D eigenvalue weighted by atomic mass is 10.2. The van der Waals surface area contributed by atoms with Gasteiger partial charge < -0.3 is 14.9 Å². The van der Waals surface area contributed by atoms with Gasteiger partial charge in [0.25, 0.3) is 5.91 Å². The first-order valence-electron chi connectivity index (χ1n) is 6.18. The van der Waals surface area contributed by atoms with Crippen molar-refractivity contribution in [1.29, 1.82) is 5.26 Å². The molecule has 0 bridgehead atoms. The number of amides is 1. The molecule has 2 aromatic heterocycles. The summed E-state index contributed by atoms with van der Waals surface area (Å²) in [4.78, 5) is 24.3. The Labute approximate surface area is 110 Å². The second-order valence-electron chi connectivity index (χ2n) is 4.54. The Hall–Kier alpha value is -2.55.